The summed E-state index contributed by atoms with van der Waals surface area (Å²) in [6, 6.07) is 12.5. The SMILES string of the molecule is CC(=O)c1ccc(NC(=O)[C@@H](C)Nc2cccc(C)c2C)cc1. The Morgan fingerprint density at radius 1 is 1.00 bits per heavy atom. The maximum absolute atomic E-state index is 12.3. The number of nitrogens with one attached hydrogen (secondary N) is 2. The molecule has 0 aliphatic rings. The van der Waals surface area contributed by atoms with E-state index >= 15 is 0 Å². The smallest absolute Gasteiger partial charge is 0.246 e. The molecular formula is C19H22N2O2. The van der Waals surface area contributed by atoms with E-state index in [0.717, 1.165) is 11.3 Å². The van der Waals surface area contributed by atoms with Crippen LogP contribution >= 0.6 is 0 Å². The Morgan fingerprint density at radius 3 is 2.26 bits per heavy atom. The molecule has 4 heteroatoms. The van der Waals surface area contributed by atoms with Crippen molar-refractivity contribution in [2.75, 3.05) is 10.6 Å². The van der Waals surface area contributed by atoms with Crippen LogP contribution in [0.2, 0.25) is 0 Å². The standard InChI is InChI=1S/C19H22N2O2/c1-12-6-5-7-18(13(12)2)20-14(3)19(23)21-17-10-8-16(9-11-17)15(4)22/h5-11,14,20H,1-4H3,(H,21,23)/t14-/m1/s1. The van der Waals surface area contributed by atoms with Crippen molar-refractivity contribution in [2.24, 2.45) is 0 Å². The molecule has 0 radical (unpaired) electrons. The molecule has 2 aromatic carbocycles. The molecule has 0 bridgehead atoms. The Hall–Kier alpha value is -2.62. The summed E-state index contributed by atoms with van der Waals surface area (Å²) in [7, 11) is 0. The van der Waals surface area contributed by atoms with Gasteiger partial charge in [0.15, 0.2) is 5.78 Å². The number of amides is 1. The Balaban J connectivity index is 2.02. The molecule has 0 unspecified atom stereocenters. The van der Waals surface area contributed by atoms with Crippen LogP contribution in [0.5, 0.6) is 0 Å². The fourth-order valence-electron chi connectivity index (χ4n) is 2.25. The minimum absolute atomic E-state index is 0.00725. The van der Waals surface area contributed by atoms with Crippen molar-refractivity contribution in [1.29, 1.82) is 0 Å². The largest absolute Gasteiger partial charge is 0.374 e. The lowest BCUT2D eigenvalue weighted by Crippen LogP contribution is -2.32. The Morgan fingerprint density at radius 2 is 1.65 bits per heavy atom. The highest BCUT2D eigenvalue weighted by Crippen LogP contribution is 2.19. The number of ketones is 1. The van der Waals surface area contributed by atoms with Gasteiger partial charge < -0.3 is 10.6 Å². The van der Waals surface area contributed by atoms with Gasteiger partial charge in [-0.25, -0.2) is 0 Å². The average molecular weight is 310 g/mol. The first-order valence-corrected chi connectivity index (χ1v) is 7.63. The summed E-state index contributed by atoms with van der Waals surface area (Å²) in [5, 5.41) is 6.08. The van der Waals surface area contributed by atoms with Gasteiger partial charge in [0, 0.05) is 16.9 Å². The molecule has 1 amide bonds. The fraction of sp³-hybridized carbons (Fsp3) is 0.263. The number of Topliss-reactive ketones (excluding diaryl/α,β-unsaturated/α-hetero) is 1. The van der Waals surface area contributed by atoms with Gasteiger partial charge in [-0.05, 0) is 69.2 Å². The van der Waals surface area contributed by atoms with Crippen molar-refractivity contribution < 1.29 is 9.59 Å². The van der Waals surface area contributed by atoms with Crippen LogP contribution in [0.25, 0.3) is 0 Å². The second-order valence-electron chi connectivity index (χ2n) is 5.74. The zero-order valence-electron chi connectivity index (χ0n) is 13.9. The Labute approximate surface area is 136 Å². The molecule has 4 nitrogen and oxygen atoms in total. The lowest BCUT2D eigenvalue weighted by atomic mass is 10.1. The van der Waals surface area contributed by atoms with E-state index in [2.05, 4.69) is 10.6 Å². The maximum atomic E-state index is 12.3. The highest BCUT2D eigenvalue weighted by Gasteiger charge is 2.14. The molecule has 2 aromatic rings. The van der Waals surface area contributed by atoms with Crippen LogP contribution in [0, 0.1) is 13.8 Å². The summed E-state index contributed by atoms with van der Waals surface area (Å²) in [4.78, 5) is 23.5. The first-order chi connectivity index (χ1) is 10.9. The molecule has 23 heavy (non-hydrogen) atoms. The molecule has 0 aromatic heterocycles. The molecule has 0 spiro atoms. The van der Waals surface area contributed by atoms with E-state index < -0.39 is 0 Å². The topological polar surface area (TPSA) is 58.2 Å². The number of hydrogen-bond acceptors (Lipinski definition) is 3. The van der Waals surface area contributed by atoms with E-state index in [0.29, 0.717) is 11.3 Å². The van der Waals surface area contributed by atoms with E-state index in [1.165, 1.54) is 12.5 Å². The lowest BCUT2D eigenvalue weighted by Gasteiger charge is -2.18. The van der Waals surface area contributed by atoms with Crippen molar-refractivity contribution in [3.05, 3.63) is 59.2 Å². The molecule has 120 valence electrons. The number of carbonyl (C=O) groups excluding carboxylic acids is 2. The number of hydrogen-bond donors (Lipinski definition) is 2. The molecule has 0 aliphatic heterocycles. The van der Waals surface area contributed by atoms with E-state index in [4.69, 9.17) is 0 Å². The predicted octanol–water partition coefficient (Wildman–Crippen LogP) is 3.95. The van der Waals surface area contributed by atoms with Gasteiger partial charge in [-0.3, -0.25) is 9.59 Å². The summed E-state index contributed by atoms with van der Waals surface area (Å²) in [6.45, 7) is 7.41. The number of anilines is 2. The summed E-state index contributed by atoms with van der Waals surface area (Å²) in [5.41, 5.74) is 4.58. The third-order valence-electron chi connectivity index (χ3n) is 3.93. The zero-order chi connectivity index (χ0) is 17.0. The number of rotatable bonds is 5. The fourth-order valence-corrected chi connectivity index (χ4v) is 2.25. The first kappa shape index (κ1) is 16.7. The number of aryl methyl sites for hydroxylation is 1. The zero-order valence-corrected chi connectivity index (χ0v) is 13.9. The second-order valence-corrected chi connectivity index (χ2v) is 5.74. The summed E-state index contributed by atoms with van der Waals surface area (Å²) in [5.74, 6) is -0.116. The van der Waals surface area contributed by atoms with Gasteiger partial charge in [-0.2, -0.15) is 0 Å². The highest BCUT2D eigenvalue weighted by atomic mass is 16.2. The van der Waals surface area contributed by atoms with Crippen molar-refractivity contribution in [3.63, 3.8) is 0 Å². The van der Waals surface area contributed by atoms with Gasteiger partial charge >= 0.3 is 0 Å². The van der Waals surface area contributed by atoms with E-state index in [9.17, 15) is 9.59 Å². The van der Waals surface area contributed by atoms with Crippen LogP contribution in [0.15, 0.2) is 42.5 Å². The van der Waals surface area contributed by atoms with Crippen LogP contribution in [0.3, 0.4) is 0 Å². The molecule has 0 fully saturated rings. The van der Waals surface area contributed by atoms with E-state index in [1.54, 1.807) is 24.3 Å². The van der Waals surface area contributed by atoms with Crippen molar-refractivity contribution >= 4 is 23.1 Å². The minimum atomic E-state index is -0.372. The van der Waals surface area contributed by atoms with Gasteiger partial charge in [0.25, 0.3) is 0 Å². The normalized spacial score (nSPS) is 11.7. The van der Waals surface area contributed by atoms with Crippen LogP contribution in [0.1, 0.15) is 35.3 Å². The molecule has 0 saturated carbocycles. The molecular weight excluding hydrogens is 288 g/mol. The van der Waals surface area contributed by atoms with Crippen molar-refractivity contribution in [1.82, 2.24) is 0 Å². The van der Waals surface area contributed by atoms with Gasteiger partial charge in [0.1, 0.15) is 6.04 Å². The summed E-state index contributed by atoms with van der Waals surface area (Å²) in [6.07, 6.45) is 0. The maximum Gasteiger partial charge on any atom is 0.246 e. The molecule has 0 heterocycles. The summed E-state index contributed by atoms with van der Waals surface area (Å²) < 4.78 is 0. The van der Waals surface area contributed by atoms with Gasteiger partial charge in [0.05, 0.1) is 0 Å². The Kier molecular flexibility index (Phi) is 5.16. The average Bonchev–Trinajstić information content (AvgIpc) is 2.52. The predicted molar refractivity (Wildman–Crippen MR) is 94.1 cm³/mol. The Bertz CT molecular complexity index is 721. The third kappa shape index (κ3) is 4.19. The first-order valence-electron chi connectivity index (χ1n) is 7.63. The highest BCUT2D eigenvalue weighted by molar-refractivity contribution is 5.98. The molecule has 2 N–H and O–H groups in total. The number of benzene rings is 2. The van der Waals surface area contributed by atoms with Crippen molar-refractivity contribution in [3.8, 4) is 0 Å². The van der Waals surface area contributed by atoms with Gasteiger partial charge in [-0.15, -0.1) is 0 Å². The van der Waals surface area contributed by atoms with Crippen LogP contribution in [-0.2, 0) is 4.79 Å². The van der Waals surface area contributed by atoms with E-state index in [1.807, 2.05) is 39.0 Å². The third-order valence-corrected chi connectivity index (χ3v) is 3.93. The molecule has 2 rings (SSSR count). The molecule has 1 atom stereocenters. The summed E-state index contributed by atoms with van der Waals surface area (Å²) >= 11 is 0. The lowest BCUT2D eigenvalue weighted by molar-refractivity contribution is -0.116. The van der Waals surface area contributed by atoms with Crippen LogP contribution in [-0.4, -0.2) is 17.7 Å². The van der Waals surface area contributed by atoms with Crippen LogP contribution < -0.4 is 10.6 Å². The van der Waals surface area contributed by atoms with Gasteiger partial charge in [0.2, 0.25) is 5.91 Å². The van der Waals surface area contributed by atoms with Crippen LogP contribution in [0.4, 0.5) is 11.4 Å². The monoisotopic (exact) mass is 310 g/mol. The quantitative estimate of drug-likeness (QED) is 0.822. The van der Waals surface area contributed by atoms with Crippen molar-refractivity contribution in [2.45, 2.75) is 33.7 Å². The van der Waals surface area contributed by atoms with Gasteiger partial charge in [-0.1, -0.05) is 12.1 Å². The second kappa shape index (κ2) is 7.09. The molecule has 0 saturated heterocycles. The van der Waals surface area contributed by atoms with E-state index in [-0.39, 0.29) is 17.7 Å². The molecule has 0 aliphatic carbocycles. The number of carbonyl (C=O) groups is 2. The minimum Gasteiger partial charge on any atom is -0.374 e.